The summed E-state index contributed by atoms with van der Waals surface area (Å²) in [5.41, 5.74) is -0.144. The number of fused-ring (bicyclic) bond motifs is 1. The van der Waals surface area contributed by atoms with Crippen LogP contribution in [0.2, 0.25) is 0 Å². The number of unbranched alkanes of at least 4 members (excludes halogenated alkanes) is 1. The molecule has 3 N–H and O–H groups in total. The fraction of sp³-hybridized carbons (Fsp3) is 0.864. The van der Waals surface area contributed by atoms with Crippen LogP contribution in [-0.4, -0.2) is 46.7 Å². The molecule has 2 unspecified atom stereocenters. The number of ether oxygens (including phenoxy) is 1. The summed E-state index contributed by atoms with van der Waals surface area (Å²) in [5, 5.41) is 29.7. The fourth-order valence-electron chi connectivity index (χ4n) is 4.96. The van der Waals surface area contributed by atoms with E-state index in [0.717, 1.165) is 44.9 Å². The maximum Gasteiger partial charge on any atom is 0.329 e. The van der Waals surface area contributed by atoms with Gasteiger partial charge in [-0.3, -0.25) is 0 Å². The zero-order valence-electron chi connectivity index (χ0n) is 17.1. The molecule has 0 aromatic rings. The van der Waals surface area contributed by atoms with E-state index < -0.39 is 12.1 Å². The van der Waals surface area contributed by atoms with Crippen LogP contribution in [0, 0.1) is 29.1 Å². The largest absolute Gasteiger partial charge is 0.480 e. The van der Waals surface area contributed by atoms with E-state index in [9.17, 15) is 15.0 Å². The first kappa shape index (κ1) is 22.4. The number of aliphatic carboxylic acids is 1. The Morgan fingerprint density at radius 1 is 1.30 bits per heavy atom. The highest BCUT2D eigenvalue weighted by atomic mass is 16.5. The lowest BCUT2D eigenvalue weighted by Gasteiger charge is -2.29. The van der Waals surface area contributed by atoms with Crippen LogP contribution in [0.4, 0.5) is 0 Å². The van der Waals surface area contributed by atoms with Gasteiger partial charge in [-0.25, -0.2) is 4.79 Å². The lowest BCUT2D eigenvalue weighted by atomic mass is 9.80. The molecule has 5 heteroatoms. The third kappa shape index (κ3) is 6.30. The number of aliphatic hydroxyl groups is 2. The molecule has 0 amide bonds. The van der Waals surface area contributed by atoms with E-state index in [-0.39, 0.29) is 24.0 Å². The summed E-state index contributed by atoms with van der Waals surface area (Å²) >= 11 is 0. The van der Waals surface area contributed by atoms with Crippen molar-refractivity contribution >= 4 is 5.97 Å². The molecule has 2 aliphatic carbocycles. The molecule has 0 radical (unpaired) electrons. The van der Waals surface area contributed by atoms with E-state index in [1.54, 1.807) is 0 Å². The van der Waals surface area contributed by atoms with Crippen LogP contribution in [0.3, 0.4) is 0 Å². The number of carbonyl (C=O) groups is 1. The quantitative estimate of drug-likeness (QED) is 0.375. The van der Waals surface area contributed by atoms with Crippen LogP contribution >= 0.6 is 0 Å². The number of hydrogen-bond acceptors (Lipinski definition) is 4. The predicted octanol–water partition coefficient (Wildman–Crippen LogP) is 3.63. The van der Waals surface area contributed by atoms with Gasteiger partial charge in [-0.1, -0.05) is 45.8 Å². The fourth-order valence-corrected chi connectivity index (χ4v) is 4.96. The van der Waals surface area contributed by atoms with Gasteiger partial charge in [-0.15, -0.1) is 0 Å². The number of carboxylic acids is 1. The Bertz CT molecular complexity index is 501. The second-order valence-corrected chi connectivity index (χ2v) is 9.30. The second-order valence-electron chi connectivity index (χ2n) is 9.30. The van der Waals surface area contributed by atoms with Crippen molar-refractivity contribution in [2.24, 2.45) is 29.1 Å². The maximum absolute atomic E-state index is 10.6. The highest BCUT2D eigenvalue weighted by Gasteiger charge is 2.46. The molecule has 2 saturated carbocycles. The van der Waals surface area contributed by atoms with Crippen LogP contribution in [0.15, 0.2) is 12.2 Å². The summed E-state index contributed by atoms with van der Waals surface area (Å²) in [6, 6.07) is 0. The van der Waals surface area contributed by atoms with Crippen molar-refractivity contribution in [1.29, 1.82) is 0 Å². The van der Waals surface area contributed by atoms with Crippen LogP contribution in [0.5, 0.6) is 0 Å². The van der Waals surface area contributed by atoms with Gasteiger partial charge >= 0.3 is 5.97 Å². The summed E-state index contributed by atoms with van der Waals surface area (Å²) in [7, 11) is 0. The van der Waals surface area contributed by atoms with Crippen molar-refractivity contribution < 1.29 is 24.9 Å². The molecule has 0 aromatic carbocycles. The maximum atomic E-state index is 10.6. The Balaban J connectivity index is 1.86. The molecule has 0 aromatic heterocycles. The van der Waals surface area contributed by atoms with Crippen molar-refractivity contribution in [2.45, 2.75) is 77.9 Å². The first-order chi connectivity index (χ1) is 12.7. The molecule has 0 saturated heterocycles. The van der Waals surface area contributed by atoms with E-state index in [0.29, 0.717) is 24.4 Å². The van der Waals surface area contributed by atoms with Gasteiger partial charge in [0.15, 0.2) is 0 Å². The Labute approximate surface area is 163 Å². The molecule has 2 fully saturated rings. The Morgan fingerprint density at radius 2 is 2.04 bits per heavy atom. The Hall–Kier alpha value is -0.910. The van der Waals surface area contributed by atoms with Crippen LogP contribution < -0.4 is 0 Å². The van der Waals surface area contributed by atoms with Gasteiger partial charge in [-0.05, 0) is 55.3 Å². The van der Waals surface area contributed by atoms with Crippen LogP contribution in [0.25, 0.3) is 0 Å². The van der Waals surface area contributed by atoms with E-state index in [4.69, 9.17) is 9.84 Å². The first-order valence-electron chi connectivity index (χ1n) is 10.6. The monoisotopic (exact) mass is 382 g/mol. The molecule has 0 spiro atoms. The molecular formula is C22H38O5. The van der Waals surface area contributed by atoms with Crippen molar-refractivity contribution in [2.75, 3.05) is 13.2 Å². The minimum absolute atomic E-state index is 0.122. The lowest BCUT2D eigenvalue weighted by molar-refractivity contribution is -0.142. The van der Waals surface area contributed by atoms with Gasteiger partial charge in [-0.2, -0.15) is 0 Å². The summed E-state index contributed by atoms with van der Waals surface area (Å²) in [6.07, 6.45) is 10.3. The van der Waals surface area contributed by atoms with E-state index in [1.165, 1.54) is 0 Å². The number of rotatable bonds is 11. The highest BCUT2D eigenvalue weighted by molar-refractivity contribution is 5.67. The van der Waals surface area contributed by atoms with Gasteiger partial charge in [0.05, 0.1) is 12.2 Å². The van der Waals surface area contributed by atoms with Gasteiger partial charge < -0.3 is 20.1 Å². The summed E-state index contributed by atoms with van der Waals surface area (Å²) in [6.45, 7) is 6.64. The SMILES string of the molecule is CCCCC(C)(C)C(O)C=C[C@H]1[C@@H]2CC(CCOCC(=O)O)C[C@H]2C[C@@H]1O. The van der Waals surface area contributed by atoms with E-state index >= 15 is 0 Å². The molecule has 0 bridgehead atoms. The summed E-state index contributed by atoms with van der Waals surface area (Å²) in [5.74, 6) is 0.739. The first-order valence-corrected chi connectivity index (χ1v) is 10.6. The minimum Gasteiger partial charge on any atom is -0.480 e. The van der Waals surface area contributed by atoms with Crippen molar-refractivity contribution in [3.8, 4) is 0 Å². The van der Waals surface area contributed by atoms with Gasteiger partial charge in [0, 0.05) is 12.5 Å². The average molecular weight is 383 g/mol. The molecule has 0 heterocycles. The average Bonchev–Trinajstić information content (AvgIpc) is 3.11. The van der Waals surface area contributed by atoms with Gasteiger partial charge in [0.25, 0.3) is 0 Å². The summed E-state index contributed by atoms with van der Waals surface area (Å²) < 4.78 is 5.18. The standard InChI is InChI=1S/C22H38O5/c1-4-5-9-22(2,3)20(24)7-6-17-18-12-15(8-10-27-14-21(25)26)11-16(18)13-19(17)23/h6-7,15-20,23-24H,4-5,8-14H2,1-3H3,(H,25,26)/t15?,16-,17-,18+,19-,20?/m0/s1. The van der Waals surface area contributed by atoms with E-state index in [2.05, 4.69) is 26.8 Å². The van der Waals surface area contributed by atoms with Crippen molar-refractivity contribution in [3.63, 3.8) is 0 Å². The molecule has 27 heavy (non-hydrogen) atoms. The number of hydrogen-bond donors (Lipinski definition) is 3. The molecule has 2 rings (SSSR count). The molecule has 2 aliphatic rings. The third-order valence-corrected chi connectivity index (χ3v) is 6.72. The molecule has 5 nitrogen and oxygen atoms in total. The molecule has 156 valence electrons. The Kier molecular flexibility index (Phi) is 8.32. The lowest BCUT2D eigenvalue weighted by Crippen LogP contribution is -2.28. The third-order valence-electron chi connectivity index (χ3n) is 6.72. The number of aliphatic hydroxyl groups excluding tert-OH is 2. The molecule has 0 aliphatic heterocycles. The van der Waals surface area contributed by atoms with Crippen molar-refractivity contribution in [3.05, 3.63) is 12.2 Å². The van der Waals surface area contributed by atoms with Gasteiger partial charge in [0.1, 0.15) is 6.61 Å². The smallest absolute Gasteiger partial charge is 0.329 e. The zero-order valence-corrected chi connectivity index (χ0v) is 17.1. The van der Waals surface area contributed by atoms with Crippen molar-refractivity contribution in [1.82, 2.24) is 0 Å². The topological polar surface area (TPSA) is 87.0 Å². The Morgan fingerprint density at radius 3 is 2.70 bits per heavy atom. The molecule has 6 atom stereocenters. The highest BCUT2D eigenvalue weighted by Crippen LogP contribution is 2.51. The summed E-state index contributed by atoms with van der Waals surface area (Å²) in [4.78, 5) is 10.5. The van der Waals surface area contributed by atoms with E-state index in [1.807, 2.05) is 6.08 Å². The second kappa shape index (κ2) is 10.0. The minimum atomic E-state index is -0.924. The normalized spacial score (nSPS) is 32.1. The zero-order chi connectivity index (χ0) is 20.0. The number of carboxylic acid groups (broad SMARTS) is 1. The van der Waals surface area contributed by atoms with Crippen LogP contribution in [0.1, 0.15) is 65.7 Å². The molecular weight excluding hydrogens is 344 g/mol. The van der Waals surface area contributed by atoms with Gasteiger partial charge in [0.2, 0.25) is 0 Å². The van der Waals surface area contributed by atoms with Crippen LogP contribution in [-0.2, 0) is 9.53 Å². The predicted molar refractivity (Wildman–Crippen MR) is 105 cm³/mol.